The Morgan fingerprint density at radius 3 is 2.18 bits per heavy atom. The molecule has 0 atom stereocenters. The number of anilines is 1. The Labute approximate surface area is 224 Å². The number of hydrogen-bond acceptors (Lipinski definition) is 6. The molecule has 0 unspecified atom stereocenters. The highest BCUT2D eigenvalue weighted by Crippen LogP contribution is 2.37. The van der Waals surface area contributed by atoms with Gasteiger partial charge in [0.25, 0.3) is 0 Å². The van der Waals surface area contributed by atoms with Gasteiger partial charge in [-0.1, -0.05) is 35.0 Å². The molecule has 1 saturated heterocycles. The summed E-state index contributed by atoms with van der Waals surface area (Å²) >= 11 is 6.35. The van der Waals surface area contributed by atoms with Gasteiger partial charge in [0.15, 0.2) is 17.3 Å². The van der Waals surface area contributed by atoms with Gasteiger partial charge in [-0.25, -0.2) is 4.68 Å². The molecule has 14 heteroatoms. The molecule has 0 saturated carbocycles. The minimum atomic E-state index is -4.95. The van der Waals surface area contributed by atoms with Gasteiger partial charge in [-0.15, -0.1) is 5.10 Å². The molecule has 0 spiro atoms. The van der Waals surface area contributed by atoms with Crippen LogP contribution in [0.1, 0.15) is 27.9 Å². The van der Waals surface area contributed by atoms with Crippen molar-refractivity contribution in [1.29, 1.82) is 0 Å². The van der Waals surface area contributed by atoms with E-state index in [0.717, 1.165) is 5.56 Å². The summed E-state index contributed by atoms with van der Waals surface area (Å²) in [7, 11) is 0. The van der Waals surface area contributed by atoms with Gasteiger partial charge in [0.1, 0.15) is 0 Å². The zero-order chi connectivity index (χ0) is 27.8. The fraction of sp³-hybridized carbons (Fsp3) is 0.400. The first-order chi connectivity index (χ1) is 18.5. The Morgan fingerprint density at radius 2 is 1.54 bits per heavy atom. The van der Waals surface area contributed by atoms with E-state index >= 15 is 0 Å². The molecule has 0 N–H and O–H groups in total. The molecular formula is C25H23ClF6N6O. The molecule has 208 valence electrons. The molecular weight excluding hydrogens is 550 g/mol. The molecule has 0 amide bonds. The number of ether oxygens (including phenoxy) is 1. The van der Waals surface area contributed by atoms with Gasteiger partial charge < -0.3 is 14.5 Å². The average molecular weight is 573 g/mol. The van der Waals surface area contributed by atoms with Crippen molar-refractivity contribution >= 4 is 23.3 Å². The number of rotatable bonds is 6. The van der Waals surface area contributed by atoms with Crippen molar-refractivity contribution in [3.63, 3.8) is 0 Å². The third kappa shape index (κ3) is 5.98. The summed E-state index contributed by atoms with van der Waals surface area (Å²) in [6.07, 6.45) is -9.90. The van der Waals surface area contributed by atoms with E-state index in [9.17, 15) is 26.3 Å². The first kappa shape index (κ1) is 27.3. The van der Waals surface area contributed by atoms with Crippen molar-refractivity contribution in [2.45, 2.75) is 25.4 Å². The summed E-state index contributed by atoms with van der Waals surface area (Å²) in [5.41, 5.74) is -1.70. The molecule has 0 radical (unpaired) electrons. The van der Waals surface area contributed by atoms with Gasteiger partial charge in [0, 0.05) is 31.2 Å². The van der Waals surface area contributed by atoms with Gasteiger partial charge >= 0.3 is 12.4 Å². The Morgan fingerprint density at radius 1 is 0.872 bits per heavy atom. The van der Waals surface area contributed by atoms with Crippen LogP contribution in [0.3, 0.4) is 0 Å². The predicted octanol–water partition coefficient (Wildman–Crippen LogP) is 5.12. The van der Waals surface area contributed by atoms with Crippen LogP contribution < -0.4 is 4.90 Å². The molecule has 39 heavy (non-hydrogen) atoms. The zero-order valence-corrected chi connectivity index (χ0v) is 21.2. The summed E-state index contributed by atoms with van der Waals surface area (Å²) < 4.78 is 87.5. The second kappa shape index (κ2) is 10.7. The monoisotopic (exact) mass is 572 g/mol. The summed E-state index contributed by atoms with van der Waals surface area (Å²) in [5.74, 6) is 0.983. The molecule has 2 aliphatic rings. The van der Waals surface area contributed by atoms with Crippen LogP contribution in [0.15, 0.2) is 47.5 Å². The highest BCUT2D eigenvalue weighted by Gasteiger charge is 2.37. The number of hydrogen-bond donors (Lipinski definition) is 0. The maximum absolute atomic E-state index is 13.4. The van der Waals surface area contributed by atoms with E-state index < -0.39 is 23.5 Å². The van der Waals surface area contributed by atoms with Crippen molar-refractivity contribution in [3.05, 3.63) is 75.4 Å². The van der Waals surface area contributed by atoms with E-state index in [2.05, 4.69) is 15.3 Å². The van der Waals surface area contributed by atoms with E-state index in [1.807, 2.05) is 28.0 Å². The van der Waals surface area contributed by atoms with Gasteiger partial charge in [-0.3, -0.25) is 4.99 Å². The summed E-state index contributed by atoms with van der Waals surface area (Å²) in [6.45, 7) is 2.81. The molecule has 1 fully saturated rings. The maximum Gasteiger partial charge on any atom is 0.416 e. The molecule has 7 nitrogen and oxygen atoms in total. The molecule has 1 aromatic heterocycles. The number of nitrogens with zero attached hydrogens (tertiary/aromatic N) is 6. The average Bonchev–Trinajstić information content (AvgIpc) is 3.51. The number of alkyl halides is 6. The van der Waals surface area contributed by atoms with E-state index in [-0.39, 0.29) is 18.2 Å². The normalized spacial score (nSPS) is 16.6. The maximum atomic E-state index is 13.4. The topological polar surface area (TPSA) is 58.8 Å². The minimum absolute atomic E-state index is 0.110. The quantitative estimate of drug-likeness (QED) is 0.384. The zero-order valence-electron chi connectivity index (χ0n) is 20.4. The van der Waals surface area contributed by atoms with Crippen LogP contribution >= 0.6 is 11.6 Å². The summed E-state index contributed by atoms with van der Waals surface area (Å²) in [5, 5.41) is 9.06. The van der Waals surface area contributed by atoms with Crippen molar-refractivity contribution in [2.75, 3.05) is 44.3 Å². The highest BCUT2D eigenvalue weighted by atomic mass is 35.5. The molecule has 0 aliphatic carbocycles. The van der Waals surface area contributed by atoms with E-state index in [4.69, 9.17) is 16.3 Å². The van der Waals surface area contributed by atoms with Crippen molar-refractivity contribution in [2.24, 2.45) is 4.99 Å². The largest absolute Gasteiger partial charge is 0.416 e. The Bertz CT molecular complexity index is 1330. The van der Waals surface area contributed by atoms with Crippen molar-refractivity contribution < 1.29 is 31.1 Å². The number of amidine groups is 1. The summed E-state index contributed by atoms with van der Waals surface area (Å²) in [6, 6.07) is 8.89. The minimum Gasteiger partial charge on any atom is -0.378 e. The van der Waals surface area contributed by atoms with Crippen LogP contribution in [0.25, 0.3) is 0 Å². The molecule has 5 rings (SSSR count). The smallest absolute Gasteiger partial charge is 0.378 e. The predicted molar refractivity (Wildman–Crippen MR) is 132 cm³/mol. The molecule has 3 aromatic rings. The SMILES string of the molecule is FC(F)(F)c1cc(Cn2nnc(C3=NCCN3Cc3ccccc3Cl)c2N2CCOCC2)cc(C(F)(F)F)c1. The van der Waals surface area contributed by atoms with Gasteiger partial charge in [-0.05, 0) is 35.4 Å². The number of morpholine rings is 1. The molecule has 3 heterocycles. The van der Waals surface area contributed by atoms with Crippen molar-refractivity contribution in [3.8, 4) is 0 Å². The van der Waals surface area contributed by atoms with Crippen LogP contribution in [0.2, 0.25) is 5.02 Å². The fourth-order valence-electron chi connectivity index (χ4n) is 4.62. The van der Waals surface area contributed by atoms with Crippen LogP contribution in [-0.2, 0) is 30.2 Å². The lowest BCUT2D eigenvalue weighted by molar-refractivity contribution is -0.143. The highest BCUT2D eigenvalue weighted by molar-refractivity contribution is 6.31. The first-order valence-electron chi connectivity index (χ1n) is 12.1. The Kier molecular flexibility index (Phi) is 7.47. The third-order valence-corrected chi connectivity index (χ3v) is 6.83. The van der Waals surface area contributed by atoms with E-state index in [0.29, 0.717) is 80.4 Å². The van der Waals surface area contributed by atoms with Gasteiger partial charge in [0.05, 0.1) is 37.4 Å². The third-order valence-electron chi connectivity index (χ3n) is 6.46. The Hall–Kier alpha value is -3.32. The van der Waals surface area contributed by atoms with Gasteiger partial charge in [0.2, 0.25) is 0 Å². The van der Waals surface area contributed by atoms with Crippen LogP contribution in [0.4, 0.5) is 32.2 Å². The van der Waals surface area contributed by atoms with Crippen LogP contribution in [-0.4, -0.2) is 65.1 Å². The second-order valence-electron chi connectivity index (χ2n) is 9.15. The molecule has 2 aliphatic heterocycles. The Balaban J connectivity index is 1.53. The second-order valence-corrected chi connectivity index (χ2v) is 9.56. The van der Waals surface area contributed by atoms with Crippen LogP contribution in [0, 0.1) is 0 Å². The number of benzene rings is 2. The number of aliphatic imine (C=N–C) groups is 1. The first-order valence-corrected chi connectivity index (χ1v) is 12.5. The lowest BCUT2D eigenvalue weighted by Gasteiger charge is -2.30. The lowest BCUT2D eigenvalue weighted by Crippen LogP contribution is -2.39. The van der Waals surface area contributed by atoms with Gasteiger partial charge in [-0.2, -0.15) is 26.3 Å². The standard InChI is InChI=1S/C25H23ClF6N6O/c26-20-4-2-1-3-17(20)15-37-6-5-33-22(37)21-23(36-7-9-39-10-8-36)38(35-34-21)14-16-11-18(24(27,28)29)13-19(12-16)25(30,31)32/h1-4,11-13H,5-10,14-15H2. The lowest BCUT2D eigenvalue weighted by atomic mass is 10.0. The fourth-order valence-corrected chi connectivity index (χ4v) is 4.82. The van der Waals surface area contributed by atoms with E-state index in [1.54, 1.807) is 6.07 Å². The number of aromatic nitrogens is 3. The molecule has 0 bridgehead atoms. The van der Waals surface area contributed by atoms with E-state index in [1.165, 1.54) is 4.68 Å². The van der Waals surface area contributed by atoms with Crippen LogP contribution in [0.5, 0.6) is 0 Å². The number of halogens is 7. The van der Waals surface area contributed by atoms with Crippen molar-refractivity contribution in [1.82, 2.24) is 19.9 Å². The molecule has 2 aromatic carbocycles. The summed E-state index contributed by atoms with van der Waals surface area (Å²) in [4.78, 5) is 8.50.